The maximum atomic E-state index is 11.1. The molecule has 0 atom stereocenters. The van der Waals surface area contributed by atoms with Crippen LogP contribution in [0.3, 0.4) is 0 Å². The van der Waals surface area contributed by atoms with E-state index in [2.05, 4.69) is 9.47 Å². The molecule has 2 aliphatic heterocycles. The molecule has 2 saturated heterocycles. The van der Waals surface area contributed by atoms with Crippen molar-refractivity contribution in [3.05, 3.63) is 0 Å². The number of hydrogen-bond acceptors (Lipinski definition) is 6. The molecule has 0 radical (unpaired) electrons. The zero-order valence-corrected chi connectivity index (χ0v) is 9.14. The first-order valence-corrected chi connectivity index (χ1v) is 5.50. The molecular weight excluding hydrogens is 228 g/mol. The van der Waals surface area contributed by atoms with Crippen molar-refractivity contribution in [1.29, 1.82) is 0 Å². The first kappa shape index (κ1) is 11.8. The van der Waals surface area contributed by atoms with Crippen LogP contribution in [0.2, 0.25) is 0 Å². The van der Waals surface area contributed by atoms with Gasteiger partial charge in [-0.3, -0.25) is 19.2 Å². The van der Waals surface area contributed by atoms with Gasteiger partial charge in [0.1, 0.15) is 0 Å². The summed E-state index contributed by atoms with van der Waals surface area (Å²) in [6, 6.07) is 0. The molecule has 0 bridgehead atoms. The molecule has 6 heteroatoms. The zero-order valence-electron chi connectivity index (χ0n) is 9.14. The Morgan fingerprint density at radius 1 is 0.706 bits per heavy atom. The molecule has 0 N–H and O–H groups in total. The van der Waals surface area contributed by atoms with Crippen molar-refractivity contribution in [2.45, 2.75) is 32.1 Å². The standard InChI is InChI=1S/C11H12O6/c12-8-2-6(3-9(13)16-8)1-7-4-10(14)17-11(15)5-7/h6-7H,1-5H2. The van der Waals surface area contributed by atoms with Crippen LogP contribution < -0.4 is 0 Å². The summed E-state index contributed by atoms with van der Waals surface area (Å²) in [6.07, 6.45) is 1.19. The van der Waals surface area contributed by atoms with E-state index in [1.165, 1.54) is 0 Å². The molecule has 0 aromatic heterocycles. The predicted octanol–water partition coefficient (Wildman–Crippen LogP) is 0.336. The molecule has 2 aliphatic rings. The lowest BCUT2D eigenvalue weighted by Gasteiger charge is -2.25. The van der Waals surface area contributed by atoms with Gasteiger partial charge in [0.2, 0.25) is 0 Å². The molecule has 0 aliphatic carbocycles. The van der Waals surface area contributed by atoms with Gasteiger partial charge in [-0.05, 0) is 18.3 Å². The summed E-state index contributed by atoms with van der Waals surface area (Å²) in [7, 11) is 0. The van der Waals surface area contributed by atoms with E-state index in [9.17, 15) is 19.2 Å². The minimum absolute atomic E-state index is 0.132. The van der Waals surface area contributed by atoms with Gasteiger partial charge in [-0.15, -0.1) is 0 Å². The summed E-state index contributed by atoms with van der Waals surface area (Å²) >= 11 is 0. The Hall–Kier alpha value is -1.72. The Morgan fingerprint density at radius 2 is 1.00 bits per heavy atom. The third kappa shape index (κ3) is 3.12. The SMILES string of the molecule is O=C1CC(CC2CC(=O)OC(=O)C2)CC(=O)O1. The van der Waals surface area contributed by atoms with Crippen molar-refractivity contribution in [3.63, 3.8) is 0 Å². The van der Waals surface area contributed by atoms with Gasteiger partial charge in [0.05, 0.1) is 0 Å². The van der Waals surface area contributed by atoms with Gasteiger partial charge in [-0.1, -0.05) is 0 Å². The lowest BCUT2D eigenvalue weighted by atomic mass is 9.84. The maximum Gasteiger partial charge on any atom is 0.313 e. The summed E-state index contributed by atoms with van der Waals surface area (Å²) < 4.78 is 8.82. The molecule has 0 aromatic carbocycles. The first-order chi connectivity index (χ1) is 8.02. The number of ether oxygens (including phenoxy) is 2. The molecule has 0 spiro atoms. The van der Waals surface area contributed by atoms with Crippen molar-refractivity contribution in [2.75, 3.05) is 0 Å². The molecule has 6 nitrogen and oxygen atoms in total. The van der Waals surface area contributed by atoms with Gasteiger partial charge in [-0.25, -0.2) is 0 Å². The highest BCUT2D eigenvalue weighted by Gasteiger charge is 2.33. The minimum Gasteiger partial charge on any atom is -0.393 e. The highest BCUT2D eigenvalue weighted by atomic mass is 16.6. The maximum absolute atomic E-state index is 11.1. The quantitative estimate of drug-likeness (QED) is 0.510. The Balaban J connectivity index is 1.91. The van der Waals surface area contributed by atoms with Crippen LogP contribution in [0, 0.1) is 11.8 Å². The van der Waals surface area contributed by atoms with Crippen LogP contribution >= 0.6 is 0 Å². The van der Waals surface area contributed by atoms with Crippen LogP contribution in [0.1, 0.15) is 32.1 Å². The van der Waals surface area contributed by atoms with E-state index in [0.29, 0.717) is 6.42 Å². The summed E-state index contributed by atoms with van der Waals surface area (Å²) in [5.41, 5.74) is 0. The second-order valence-corrected chi connectivity index (χ2v) is 4.48. The fourth-order valence-electron chi connectivity index (χ4n) is 2.31. The van der Waals surface area contributed by atoms with E-state index >= 15 is 0 Å². The minimum atomic E-state index is -0.532. The third-order valence-corrected chi connectivity index (χ3v) is 2.94. The summed E-state index contributed by atoms with van der Waals surface area (Å²) in [6.45, 7) is 0. The lowest BCUT2D eigenvalue weighted by Crippen LogP contribution is -2.30. The number of esters is 4. The van der Waals surface area contributed by atoms with Crippen molar-refractivity contribution in [2.24, 2.45) is 11.8 Å². The Kier molecular flexibility index (Phi) is 3.21. The Labute approximate surface area is 97.3 Å². The monoisotopic (exact) mass is 240 g/mol. The molecular formula is C11H12O6. The predicted molar refractivity (Wildman–Crippen MR) is 52.3 cm³/mol. The molecule has 2 heterocycles. The lowest BCUT2D eigenvalue weighted by molar-refractivity contribution is -0.166. The normalized spacial score (nSPS) is 23.5. The third-order valence-electron chi connectivity index (χ3n) is 2.94. The van der Waals surface area contributed by atoms with Gasteiger partial charge in [0, 0.05) is 25.7 Å². The van der Waals surface area contributed by atoms with Crippen LogP contribution in [0.4, 0.5) is 0 Å². The number of carbonyl (C=O) groups is 4. The number of cyclic esters (lactones) is 4. The van der Waals surface area contributed by atoms with Gasteiger partial charge in [0.15, 0.2) is 0 Å². The Bertz CT molecular complexity index is 317. The van der Waals surface area contributed by atoms with Crippen molar-refractivity contribution in [3.8, 4) is 0 Å². The van der Waals surface area contributed by atoms with Crippen LogP contribution in [-0.4, -0.2) is 23.9 Å². The van der Waals surface area contributed by atoms with E-state index in [-0.39, 0.29) is 37.5 Å². The van der Waals surface area contributed by atoms with E-state index in [1.807, 2.05) is 0 Å². The van der Waals surface area contributed by atoms with Crippen LogP contribution in [0.15, 0.2) is 0 Å². The van der Waals surface area contributed by atoms with Crippen LogP contribution in [0.25, 0.3) is 0 Å². The fraction of sp³-hybridized carbons (Fsp3) is 0.636. The van der Waals surface area contributed by atoms with Crippen LogP contribution in [0.5, 0.6) is 0 Å². The number of carbonyl (C=O) groups excluding carboxylic acids is 4. The van der Waals surface area contributed by atoms with Gasteiger partial charge < -0.3 is 9.47 Å². The van der Waals surface area contributed by atoms with Gasteiger partial charge in [-0.2, -0.15) is 0 Å². The molecule has 92 valence electrons. The fourth-order valence-corrected chi connectivity index (χ4v) is 2.31. The van der Waals surface area contributed by atoms with E-state index < -0.39 is 23.9 Å². The van der Waals surface area contributed by atoms with E-state index in [4.69, 9.17) is 0 Å². The first-order valence-electron chi connectivity index (χ1n) is 5.50. The molecule has 0 saturated carbocycles. The van der Waals surface area contributed by atoms with Crippen molar-refractivity contribution >= 4 is 23.9 Å². The van der Waals surface area contributed by atoms with Crippen molar-refractivity contribution < 1.29 is 28.7 Å². The van der Waals surface area contributed by atoms with E-state index in [1.54, 1.807) is 0 Å². The van der Waals surface area contributed by atoms with Crippen molar-refractivity contribution in [1.82, 2.24) is 0 Å². The molecule has 0 aromatic rings. The van der Waals surface area contributed by atoms with Gasteiger partial charge in [0.25, 0.3) is 0 Å². The molecule has 2 fully saturated rings. The topological polar surface area (TPSA) is 86.7 Å². The van der Waals surface area contributed by atoms with Gasteiger partial charge >= 0.3 is 23.9 Å². The average molecular weight is 240 g/mol. The second kappa shape index (κ2) is 4.65. The van der Waals surface area contributed by atoms with Crippen LogP contribution in [-0.2, 0) is 28.7 Å². The zero-order chi connectivity index (χ0) is 12.4. The smallest absolute Gasteiger partial charge is 0.313 e. The summed E-state index contributed by atoms with van der Waals surface area (Å²) in [4.78, 5) is 44.2. The molecule has 2 rings (SSSR count). The highest BCUT2D eigenvalue weighted by molar-refractivity contribution is 5.89. The Morgan fingerprint density at radius 3 is 1.29 bits per heavy atom. The molecule has 17 heavy (non-hydrogen) atoms. The van der Waals surface area contributed by atoms with E-state index in [0.717, 1.165) is 0 Å². The largest absolute Gasteiger partial charge is 0.393 e. The summed E-state index contributed by atoms with van der Waals surface area (Å²) in [5, 5.41) is 0. The molecule has 0 amide bonds. The number of rotatable bonds is 2. The summed E-state index contributed by atoms with van der Waals surface area (Å²) in [5.74, 6) is -2.39. The number of hydrogen-bond donors (Lipinski definition) is 0. The highest BCUT2D eigenvalue weighted by Crippen LogP contribution is 2.30. The molecule has 0 unspecified atom stereocenters. The second-order valence-electron chi connectivity index (χ2n) is 4.48. The average Bonchev–Trinajstić information content (AvgIpc) is 2.13.